The van der Waals surface area contributed by atoms with Crippen LogP contribution in [-0.2, 0) is 10.0 Å². The van der Waals surface area contributed by atoms with Crippen molar-refractivity contribution in [3.8, 4) is 0 Å². The summed E-state index contributed by atoms with van der Waals surface area (Å²) in [5.41, 5.74) is 0.973. The second-order valence-corrected chi connectivity index (χ2v) is 7.70. The summed E-state index contributed by atoms with van der Waals surface area (Å²) >= 11 is 5.99. The van der Waals surface area contributed by atoms with Crippen molar-refractivity contribution >= 4 is 27.3 Å². The van der Waals surface area contributed by atoms with Gasteiger partial charge in [-0.05, 0) is 36.4 Å². The summed E-state index contributed by atoms with van der Waals surface area (Å²) in [6.07, 6.45) is 0. The highest BCUT2D eigenvalue weighted by molar-refractivity contribution is 7.89. The molecule has 1 saturated heterocycles. The van der Waals surface area contributed by atoms with Crippen molar-refractivity contribution < 1.29 is 12.8 Å². The van der Waals surface area contributed by atoms with Crippen molar-refractivity contribution in [3.63, 3.8) is 0 Å². The van der Waals surface area contributed by atoms with Crippen LogP contribution < -0.4 is 4.90 Å². The molecule has 3 rings (SSSR count). The van der Waals surface area contributed by atoms with Crippen LogP contribution in [0.25, 0.3) is 0 Å². The molecule has 0 radical (unpaired) electrons. The summed E-state index contributed by atoms with van der Waals surface area (Å²) < 4.78 is 39.8. The number of sulfonamides is 1. The Morgan fingerprint density at radius 2 is 1.65 bits per heavy atom. The number of rotatable bonds is 3. The SMILES string of the molecule is O=S(=O)(c1cccc(F)c1)N1CCN(c2cccc(Cl)c2)CC1. The molecule has 7 heteroatoms. The Hall–Kier alpha value is -1.63. The molecule has 2 aromatic rings. The van der Waals surface area contributed by atoms with Gasteiger partial charge in [0.05, 0.1) is 4.90 Å². The first-order valence-corrected chi connectivity index (χ1v) is 9.05. The quantitative estimate of drug-likeness (QED) is 0.850. The molecular formula is C16H16ClFN2O2S. The average molecular weight is 355 g/mol. The predicted molar refractivity (Wildman–Crippen MR) is 88.8 cm³/mol. The van der Waals surface area contributed by atoms with Crippen LogP contribution >= 0.6 is 11.6 Å². The highest BCUT2D eigenvalue weighted by Crippen LogP contribution is 2.23. The number of piperazine rings is 1. The van der Waals surface area contributed by atoms with E-state index in [0.29, 0.717) is 31.2 Å². The lowest BCUT2D eigenvalue weighted by molar-refractivity contribution is 0.384. The molecule has 0 aromatic heterocycles. The molecule has 0 bridgehead atoms. The highest BCUT2D eigenvalue weighted by atomic mass is 35.5. The zero-order chi connectivity index (χ0) is 16.4. The van der Waals surface area contributed by atoms with Crippen LogP contribution in [0.5, 0.6) is 0 Å². The Morgan fingerprint density at radius 1 is 0.957 bits per heavy atom. The molecule has 0 atom stereocenters. The van der Waals surface area contributed by atoms with Gasteiger partial charge in [0.2, 0.25) is 10.0 Å². The Morgan fingerprint density at radius 3 is 2.30 bits per heavy atom. The highest BCUT2D eigenvalue weighted by Gasteiger charge is 2.28. The zero-order valence-electron chi connectivity index (χ0n) is 12.3. The smallest absolute Gasteiger partial charge is 0.243 e. The molecule has 0 spiro atoms. The predicted octanol–water partition coefficient (Wildman–Crippen LogP) is 2.99. The van der Waals surface area contributed by atoms with E-state index in [-0.39, 0.29) is 4.90 Å². The van der Waals surface area contributed by atoms with Crippen molar-refractivity contribution in [1.29, 1.82) is 0 Å². The van der Waals surface area contributed by atoms with E-state index in [1.54, 1.807) is 6.07 Å². The maximum absolute atomic E-state index is 13.3. The monoisotopic (exact) mass is 354 g/mol. The fourth-order valence-corrected chi connectivity index (χ4v) is 4.27. The Balaban J connectivity index is 1.73. The first-order valence-electron chi connectivity index (χ1n) is 7.23. The normalized spacial score (nSPS) is 16.5. The molecule has 0 N–H and O–H groups in total. The Kier molecular flexibility index (Phi) is 4.57. The van der Waals surface area contributed by atoms with Crippen molar-refractivity contribution in [2.75, 3.05) is 31.1 Å². The van der Waals surface area contributed by atoms with Gasteiger partial charge in [-0.15, -0.1) is 0 Å². The van der Waals surface area contributed by atoms with Crippen molar-refractivity contribution in [1.82, 2.24) is 4.31 Å². The molecule has 1 heterocycles. The van der Waals surface area contributed by atoms with Gasteiger partial charge in [0.1, 0.15) is 5.82 Å². The summed E-state index contributed by atoms with van der Waals surface area (Å²) in [5, 5.41) is 0.650. The minimum atomic E-state index is -3.66. The van der Waals surface area contributed by atoms with E-state index in [9.17, 15) is 12.8 Å². The lowest BCUT2D eigenvalue weighted by Crippen LogP contribution is -2.48. The molecule has 0 amide bonds. The molecule has 122 valence electrons. The number of nitrogens with zero attached hydrogens (tertiary/aromatic N) is 2. The number of anilines is 1. The van der Waals surface area contributed by atoms with Crippen molar-refractivity contribution in [2.24, 2.45) is 0 Å². The second-order valence-electron chi connectivity index (χ2n) is 5.33. The van der Waals surface area contributed by atoms with Gasteiger partial charge in [0.25, 0.3) is 0 Å². The van der Waals surface area contributed by atoms with Gasteiger partial charge in [0.15, 0.2) is 0 Å². The van der Waals surface area contributed by atoms with Gasteiger partial charge in [-0.2, -0.15) is 4.31 Å². The number of halogens is 2. The molecule has 0 saturated carbocycles. The van der Waals surface area contributed by atoms with Gasteiger partial charge in [-0.1, -0.05) is 23.7 Å². The minimum Gasteiger partial charge on any atom is -0.369 e. The Bertz CT molecular complexity index is 805. The van der Waals surface area contributed by atoms with Crippen molar-refractivity contribution in [3.05, 3.63) is 59.4 Å². The molecular weight excluding hydrogens is 339 g/mol. The maximum atomic E-state index is 13.3. The van der Waals surface area contributed by atoms with E-state index in [1.165, 1.54) is 22.5 Å². The van der Waals surface area contributed by atoms with Crippen LogP contribution in [0.3, 0.4) is 0 Å². The summed E-state index contributed by atoms with van der Waals surface area (Å²) in [6.45, 7) is 1.83. The van der Waals surface area contributed by atoms with Gasteiger partial charge >= 0.3 is 0 Å². The van der Waals surface area contributed by atoms with Crippen LogP contribution in [0.2, 0.25) is 5.02 Å². The molecule has 1 aliphatic heterocycles. The molecule has 2 aromatic carbocycles. The summed E-state index contributed by atoms with van der Waals surface area (Å²) in [6, 6.07) is 12.6. The fourth-order valence-electron chi connectivity index (χ4n) is 2.64. The standard InChI is InChI=1S/C16H16ClFN2O2S/c17-13-3-1-5-15(11-13)19-7-9-20(10-8-19)23(21,22)16-6-2-4-14(18)12-16/h1-6,11-12H,7-10H2. The molecule has 23 heavy (non-hydrogen) atoms. The third kappa shape index (κ3) is 3.49. The Labute approximate surface area is 140 Å². The lowest BCUT2D eigenvalue weighted by atomic mass is 10.2. The fraction of sp³-hybridized carbons (Fsp3) is 0.250. The lowest BCUT2D eigenvalue weighted by Gasteiger charge is -2.35. The van der Waals surface area contributed by atoms with Crippen LogP contribution in [-0.4, -0.2) is 38.9 Å². The van der Waals surface area contributed by atoms with Crippen LogP contribution in [0.1, 0.15) is 0 Å². The van der Waals surface area contributed by atoms with E-state index >= 15 is 0 Å². The van der Waals surface area contributed by atoms with Crippen LogP contribution in [0, 0.1) is 5.82 Å². The van der Waals surface area contributed by atoms with Gasteiger partial charge in [-0.25, -0.2) is 12.8 Å². The van der Waals surface area contributed by atoms with Crippen LogP contribution in [0.4, 0.5) is 10.1 Å². The van der Waals surface area contributed by atoms with Crippen LogP contribution in [0.15, 0.2) is 53.4 Å². The minimum absolute atomic E-state index is 0.00583. The van der Waals surface area contributed by atoms with E-state index in [2.05, 4.69) is 4.90 Å². The number of hydrogen-bond donors (Lipinski definition) is 0. The van der Waals surface area contributed by atoms with Gasteiger partial charge in [0, 0.05) is 36.9 Å². The summed E-state index contributed by atoms with van der Waals surface area (Å²) in [5.74, 6) is -0.552. The molecule has 1 fully saturated rings. The zero-order valence-corrected chi connectivity index (χ0v) is 13.9. The topological polar surface area (TPSA) is 40.6 Å². The first kappa shape index (κ1) is 16.2. The summed E-state index contributed by atoms with van der Waals surface area (Å²) in [7, 11) is -3.66. The first-order chi connectivity index (χ1) is 11.0. The van der Waals surface area contributed by atoms with E-state index in [1.807, 2.05) is 18.2 Å². The summed E-state index contributed by atoms with van der Waals surface area (Å²) in [4.78, 5) is 2.08. The molecule has 4 nitrogen and oxygen atoms in total. The van der Waals surface area contributed by atoms with E-state index in [4.69, 9.17) is 11.6 Å². The number of benzene rings is 2. The van der Waals surface area contributed by atoms with Gasteiger partial charge < -0.3 is 4.90 Å². The third-order valence-corrected chi connectivity index (χ3v) is 5.98. The largest absolute Gasteiger partial charge is 0.369 e. The molecule has 0 aliphatic carbocycles. The number of hydrogen-bond acceptors (Lipinski definition) is 3. The maximum Gasteiger partial charge on any atom is 0.243 e. The third-order valence-electron chi connectivity index (χ3n) is 3.85. The van der Waals surface area contributed by atoms with Crippen molar-refractivity contribution in [2.45, 2.75) is 4.90 Å². The molecule has 0 unspecified atom stereocenters. The average Bonchev–Trinajstić information content (AvgIpc) is 2.55. The second kappa shape index (κ2) is 6.47. The van der Waals surface area contributed by atoms with Gasteiger partial charge in [-0.3, -0.25) is 0 Å². The van der Waals surface area contributed by atoms with E-state index in [0.717, 1.165) is 11.8 Å². The van der Waals surface area contributed by atoms with E-state index < -0.39 is 15.8 Å². The molecule has 1 aliphatic rings.